The van der Waals surface area contributed by atoms with Crippen molar-refractivity contribution in [3.8, 4) is 0 Å². The minimum atomic E-state index is 0.209. The number of rotatable bonds is 0. The molecule has 0 spiro atoms. The molecular weight excluding hydrogens is 208 g/mol. The molecule has 0 saturated carbocycles. The summed E-state index contributed by atoms with van der Waals surface area (Å²) >= 11 is 3.20. The molecule has 0 N–H and O–H groups in total. The van der Waals surface area contributed by atoms with Crippen molar-refractivity contribution < 1.29 is 9.21 Å². The van der Waals surface area contributed by atoms with Gasteiger partial charge in [0.2, 0.25) is 0 Å². The SMILES string of the molecule is O=C1CCCc2oc(Br)cc21. The fourth-order valence-electron chi connectivity index (χ4n) is 1.36. The molecule has 0 aliphatic heterocycles. The number of ketones is 1. The van der Waals surface area contributed by atoms with Gasteiger partial charge < -0.3 is 4.42 Å². The lowest BCUT2D eigenvalue weighted by atomic mass is 9.98. The Morgan fingerprint density at radius 1 is 1.45 bits per heavy atom. The van der Waals surface area contributed by atoms with Gasteiger partial charge in [-0.15, -0.1) is 0 Å². The van der Waals surface area contributed by atoms with Gasteiger partial charge in [-0.3, -0.25) is 4.79 Å². The molecule has 1 aliphatic carbocycles. The monoisotopic (exact) mass is 214 g/mol. The van der Waals surface area contributed by atoms with Crippen LogP contribution in [-0.4, -0.2) is 5.78 Å². The molecule has 58 valence electrons. The van der Waals surface area contributed by atoms with E-state index >= 15 is 0 Å². The van der Waals surface area contributed by atoms with Crippen LogP contribution in [-0.2, 0) is 6.42 Å². The number of aryl methyl sites for hydroxylation is 1. The number of furan rings is 1. The molecule has 0 radical (unpaired) electrons. The normalized spacial score (nSPS) is 16.6. The molecule has 0 amide bonds. The first-order valence-electron chi connectivity index (χ1n) is 3.59. The van der Waals surface area contributed by atoms with E-state index in [9.17, 15) is 4.79 Å². The standard InChI is InChI=1S/C8H7BrO2/c9-8-4-5-6(10)2-1-3-7(5)11-8/h4H,1-3H2. The van der Waals surface area contributed by atoms with E-state index in [1.807, 2.05) is 0 Å². The fourth-order valence-corrected chi connectivity index (χ4v) is 1.79. The van der Waals surface area contributed by atoms with Crippen LogP contribution in [0.15, 0.2) is 15.2 Å². The van der Waals surface area contributed by atoms with Crippen LogP contribution in [0.3, 0.4) is 0 Å². The second-order valence-corrected chi connectivity index (χ2v) is 3.45. The molecule has 11 heavy (non-hydrogen) atoms. The summed E-state index contributed by atoms with van der Waals surface area (Å²) in [5, 5.41) is 0. The van der Waals surface area contributed by atoms with Gasteiger partial charge in [0.1, 0.15) is 5.76 Å². The highest BCUT2D eigenvalue weighted by molar-refractivity contribution is 9.10. The molecule has 1 aromatic rings. The third-order valence-corrected chi connectivity index (χ3v) is 2.28. The van der Waals surface area contributed by atoms with Crippen molar-refractivity contribution in [2.75, 3.05) is 0 Å². The largest absolute Gasteiger partial charge is 0.454 e. The van der Waals surface area contributed by atoms with E-state index in [0.29, 0.717) is 11.1 Å². The van der Waals surface area contributed by atoms with Gasteiger partial charge >= 0.3 is 0 Å². The van der Waals surface area contributed by atoms with Crippen LogP contribution in [0.1, 0.15) is 29.0 Å². The molecule has 0 saturated heterocycles. The van der Waals surface area contributed by atoms with Crippen LogP contribution in [0.25, 0.3) is 0 Å². The van der Waals surface area contributed by atoms with E-state index < -0.39 is 0 Å². The lowest BCUT2D eigenvalue weighted by Crippen LogP contribution is -2.07. The summed E-state index contributed by atoms with van der Waals surface area (Å²) < 4.78 is 5.94. The lowest BCUT2D eigenvalue weighted by molar-refractivity contribution is 0.0969. The third kappa shape index (κ3) is 1.13. The summed E-state index contributed by atoms with van der Waals surface area (Å²) in [4.78, 5) is 11.2. The van der Waals surface area contributed by atoms with Crippen molar-refractivity contribution in [2.45, 2.75) is 19.3 Å². The summed E-state index contributed by atoms with van der Waals surface area (Å²) in [6, 6.07) is 1.76. The Morgan fingerprint density at radius 3 is 3.00 bits per heavy atom. The fraction of sp³-hybridized carbons (Fsp3) is 0.375. The van der Waals surface area contributed by atoms with Crippen LogP contribution in [0, 0.1) is 0 Å². The predicted octanol–water partition coefficient (Wildman–Crippen LogP) is 2.56. The maximum absolute atomic E-state index is 11.2. The second-order valence-electron chi connectivity index (χ2n) is 2.66. The van der Waals surface area contributed by atoms with E-state index in [4.69, 9.17) is 4.42 Å². The number of carbonyl (C=O) groups excluding carboxylic acids is 1. The van der Waals surface area contributed by atoms with Crippen molar-refractivity contribution in [1.29, 1.82) is 0 Å². The smallest absolute Gasteiger partial charge is 0.170 e. The van der Waals surface area contributed by atoms with Crippen molar-refractivity contribution in [3.63, 3.8) is 0 Å². The molecule has 0 atom stereocenters. The molecule has 1 heterocycles. The zero-order chi connectivity index (χ0) is 7.84. The van der Waals surface area contributed by atoms with Crippen LogP contribution in [0.2, 0.25) is 0 Å². The van der Waals surface area contributed by atoms with Crippen molar-refractivity contribution in [1.82, 2.24) is 0 Å². The molecule has 3 heteroatoms. The third-order valence-electron chi connectivity index (χ3n) is 1.89. The lowest BCUT2D eigenvalue weighted by Gasteiger charge is -2.06. The van der Waals surface area contributed by atoms with E-state index in [-0.39, 0.29) is 5.78 Å². The summed E-state index contributed by atoms with van der Waals surface area (Å²) in [5.41, 5.74) is 0.767. The van der Waals surface area contributed by atoms with Crippen LogP contribution in [0.4, 0.5) is 0 Å². The average Bonchev–Trinajstić information content (AvgIpc) is 2.31. The molecule has 1 aliphatic rings. The Balaban J connectivity index is 2.52. The van der Waals surface area contributed by atoms with Crippen molar-refractivity contribution in [3.05, 3.63) is 22.1 Å². The Morgan fingerprint density at radius 2 is 2.27 bits per heavy atom. The van der Waals surface area contributed by atoms with Gasteiger partial charge in [0.05, 0.1) is 5.56 Å². The quantitative estimate of drug-likeness (QED) is 0.665. The predicted molar refractivity (Wildman–Crippen MR) is 43.7 cm³/mol. The van der Waals surface area contributed by atoms with Gasteiger partial charge in [-0.05, 0) is 22.4 Å². The van der Waals surface area contributed by atoms with Crippen LogP contribution < -0.4 is 0 Å². The number of hydrogen-bond acceptors (Lipinski definition) is 2. The first-order valence-corrected chi connectivity index (χ1v) is 4.38. The molecular formula is C8H7BrO2. The highest BCUT2D eigenvalue weighted by Crippen LogP contribution is 2.27. The van der Waals surface area contributed by atoms with E-state index in [1.165, 1.54) is 0 Å². The first-order chi connectivity index (χ1) is 5.27. The number of halogens is 1. The Labute approximate surface area is 72.7 Å². The first kappa shape index (κ1) is 7.10. The number of hydrogen-bond donors (Lipinski definition) is 0. The topological polar surface area (TPSA) is 30.2 Å². The van der Waals surface area contributed by atoms with Crippen molar-refractivity contribution >= 4 is 21.7 Å². The molecule has 0 aromatic carbocycles. The summed E-state index contributed by atoms with van der Waals surface area (Å²) in [7, 11) is 0. The minimum absolute atomic E-state index is 0.209. The maximum Gasteiger partial charge on any atom is 0.170 e. The van der Waals surface area contributed by atoms with E-state index in [2.05, 4.69) is 15.9 Å². The molecule has 0 fully saturated rings. The van der Waals surface area contributed by atoms with E-state index in [0.717, 1.165) is 24.2 Å². The van der Waals surface area contributed by atoms with Gasteiger partial charge in [-0.2, -0.15) is 0 Å². The zero-order valence-electron chi connectivity index (χ0n) is 5.89. The van der Waals surface area contributed by atoms with Crippen LogP contribution in [0.5, 0.6) is 0 Å². The highest BCUT2D eigenvalue weighted by Gasteiger charge is 2.20. The zero-order valence-corrected chi connectivity index (χ0v) is 7.48. The van der Waals surface area contributed by atoms with Gasteiger partial charge in [0.15, 0.2) is 10.5 Å². The maximum atomic E-state index is 11.2. The summed E-state index contributed by atoms with van der Waals surface area (Å²) in [5.74, 6) is 1.05. The van der Waals surface area contributed by atoms with Crippen LogP contribution >= 0.6 is 15.9 Å². The van der Waals surface area contributed by atoms with E-state index in [1.54, 1.807) is 6.07 Å². The number of fused-ring (bicyclic) bond motifs is 1. The summed E-state index contributed by atoms with van der Waals surface area (Å²) in [6.45, 7) is 0. The Bertz CT molecular complexity index is 301. The Hall–Kier alpha value is -0.570. The summed E-state index contributed by atoms with van der Waals surface area (Å²) in [6.07, 6.45) is 2.48. The number of Topliss-reactive ketones (excluding diaryl/α,β-unsaturated/α-hetero) is 1. The van der Waals surface area contributed by atoms with Gasteiger partial charge in [-0.25, -0.2) is 0 Å². The minimum Gasteiger partial charge on any atom is -0.454 e. The number of carbonyl (C=O) groups is 1. The van der Waals surface area contributed by atoms with Crippen molar-refractivity contribution in [2.24, 2.45) is 0 Å². The second kappa shape index (κ2) is 2.48. The molecule has 2 rings (SSSR count). The molecule has 2 nitrogen and oxygen atoms in total. The average molecular weight is 215 g/mol. The van der Waals surface area contributed by atoms with Gasteiger partial charge in [-0.1, -0.05) is 0 Å². The molecule has 1 aromatic heterocycles. The highest BCUT2D eigenvalue weighted by atomic mass is 79.9. The molecule has 0 bridgehead atoms. The van der Waals surface area contributed by atoms with Gasteiger partial charge in [0, 0.05) is 18.9 Å². The van der Waals surface area contributed by atoms with Gasteiger partial charge in [0.25, 0.3) is 0 Å². The Kier molecular flexibility index (Phi) is 1.60. The molecule has 0 unspecified atom stereocenters.